The van der Waals surface area contributed by atoms with E-state index in [0.717, 1.165) is 43.9 Å². The minimum absolute atomic E-state index is 0.0370. The van der Waals surface area contributed by atoms with Crippen molar-refractivity contribution in [3.63, 3.8) is 0 Å². The van der Waals surface area contributed by atoms with Crippen LogP contribution in [0.1, 0.15) is 36.9 Å². The summed E-state index contributed by atoms with van der Waals surface area (Å²) in [5.41, 5.74) is 5.99. The second kappa shape index (κ2) is 9.49. The zero-order valence-electron chi connectivity index (χ0n) is 19.1. The van der Waals surface area contributed by atoms with Crippen molar-refractivity contribution in [2.75, 3.05) is 54.1 Å². The van der Waals surface area contributed by atoms with Crippen LogP contribution in [0.3, 0.4) is 0 Å². The highest BCUT2D eigenvalue weighted by atomic mass is 19.4. The van der Waals surface area contributed by atoms with Crippen molar-refractivity contribution in [1.29, 1.82) is 0 Å². The number of hydrogen-bond acceptors (Lipinski definition) is 8. The monoisotopic (exact) mass is 475 g/mol. The summed E-state index contributed by atoms with van der Waals surface area (Å²) in [4.78, 5) is 17.7. The third kappa shape index (κ3) is 5.09. The van der Waals surface area contributed by atoms with Crippen molar-refractivity contribution in [3.8, 4) is 0 Å². The van der Waals surface area contributed by atoms with Crippen LogP contribution in [0.15, 0.2) is 30.5 Å². The molecule has 0 amide bonds. The predicted molar refractivity (Wildman–Crippen MR) is 127 cm³/mol. The van der Waals surface area contributed by atoms with Gasteiger partial charge >= 0.3 is 6.18 Å². The van der Waals surface area contributed by atoms with E-state index in [0.29, 0.717) is 34.8 Å². The molecular weight excluding hydrogens is 447 g/mol. The normalized spacial score (nSPS) is 15.1. The maximum absolute atomic E-state index is 13.3. The van der Waals surface area contributed by atoms with Crippen LogP contribution < -0.4 is 20.9 Å². The number of nitrogens with two attached hydrogens (primary N) is 1. The maximum atomic E-state index is 13.3. The van der Waals surface area contributed by atoms with Crippen LogP contribution >= 0.6 is 0 Å². The second-order valence-corrected chi connectivity index (χ2v) is 8.52. The predicted octanol–water partition coefficient (Wildman–Crippen LogP) is 3.83. The number of hydrogen-bond donors (Lipinski definition) is 3. The molecule has 0 radical (unpaired) electrons. The third-order valence-electron chi connectivity index (χ3n) is 5.92. The number of halogens is 3. The topological polar surface area (TPSA) is 103 Å². The zero-order chi connectivity index (χ0) is 24.5. The van der Waals surface area contributed by atoms with Crippen molar-refractivity contribution in [2.24, 2.45) is 0 Å². The molecule has 34 heavy (non-hydrogen) atoms. The van der Waals surface area contributed by atoms with Gasteiger partial charge in [-0.15, -0.1) is 0 Å². The van der Waals surface area contributed by atoms with Gasteiger partial charge in [0.15, 0.2) is 0 Å². The molecule has 1 saturated heterocycles. The zero-order valence-corrected chi connectivity index (χ0v) is 19.1. The van der Waals surface area contributed by atoms with Gasteiger partial charge in [-0.2, -0.15) is 18.2 Å². The molecule has 0 spiro atoms. The smallest absolute Gasteiger partial charge is 0.399 e. The van der Waals surface area contributed by atoms with E-state index in [1.54, 1.807) is 25.1 Å². The summed E-state index contributed by atoms with van der Waals surface area (Å²) in [5.74, 6) is 1.65. The van der Waals surface area contributed by atoms with Crippen LogP contribution in [0, 0.1) is 0 Å². The van der Waals surface area contributed by atoms with Gasteiger partial charge in [0.1, 0.15) is 11.6 Å². The Bertz CT molecular complexity index is 1170. The van der Waals surface area contributed by atoms with Crippen LogP contribution in [0.2, 0.25) is 0 Å². The van der Waals surface area contributed by atoms with Crippen molar-refractivity contribution in [2.45, 2.75) is 32.0 Å². The van der Waals surface area contributed by atoms with Crippen molar-refractivity contribution in [3.05, 3.63) is 41.6 Å². The van der Waals surface area contributed by atoms with E-state index in [2.05, 4.69) is 25.2 Å². The molecule has 11 heteroatoms. The quantitative estimate of drug-likeness (QED) is 0.443. The van der Waals surface area contributed by atoms with Crippen LogP contribution in [0.25, 0.3) is 10.9 Å². The Hall–Kier alpha value is -3.34. The molecule has 1 fully saturated rings. The molecule has 4 rings (SSSR count). The van der Waals surface area contributed by atoms with Crippen LogP contribution in [-0.2, 0) is 6.18 Å². The van der Waals surface area contributed by atoms with Gasteiger partial charge in [-0.25, -0.2) is 9.97 Å². The number of alkyl halides is 3. The van der Waals surface area contributed by atoms with Crippen LogP contribution in [0.4, 0.5) is 36.4 Å². The standard InChI is InChI=1S/C23H28F3N7O/c1-14(15-9-16(23(24,25)26)11-17(27)10-15)29-21-18-12-20(33-5-3-4-6-33)28-13-19(18)30-22(31-21)32(2)7-8-34/h9-14,34H,3-8,27H2,1-2H3,(H,29,30,31)/t14-/m1/s1. The molecule has 2 aromatic heterocycles. The van der Waals surface area contributed by atoms with Gasteiger partial charge in [0, 0.05) is 37.8 Å². The Labute approximate surface area is 195 Å². The first-order chi connectivity index (χ1) is 16.2. The number of aromatic nitrogens is 3. The largest absolute Gasteiger partial charge is 0.416 e. The number of likely N-dealkylation sites (N-methyl/N-ethyl adjacent to an activating group) is 1. The van der Waals surface area contributed by atoms with E-state index in [1.165, 1.54) is 6.07 Å². The SMILES string of the molecule is C[C@@H](Nc1nc(N(C)CCO)nc2cnc(N3CCCC3)cc12)c1cc(N)cc(C(F)(F)F)c1. The van der Waals surface area contributed by atoms with Crippen LogP contribution in [-0.4, -0.2) is 53.3 Å². The molecule has 8 nitrogen and oxygen atoms in total. The van der Waals surface area contributed by atoms with E-state index in [9.17, 15) is 18.3 Å². The number of aliphatic hydroxyl groups excluding tert-OH is 1. The van der Waals surface area contributed by atoms with Gasteiger partial charge in [-0.05, 0) is 49.6 Å². The molecule has 1 atom stereocenters. The number of aliphatic hydroxyl groups is 1. The third-order valence-corrected chi connectivity index (χ3v) is 5.92. The molecule has 1 aromatic carbocycles. The number of benzene rings is 1. The van der Waals surface area contributed by atoms with Gasteiger partial charge in [0.25, 0.3) is 0 Å². The summed E-state index contributed by atoms with van der Waals surface area (Å²) < 4.78 is 40.0. The summed E-state index contributed by atoms with van der Waals surface area (Å²) in [6.07, 6.45) is -0.624. The van der Waals surface area contributed by atoms with E-state index in [4.69, 9.17) is 5.73 Å². The fourth-order valence-electron chi connectivity index (χ4n) is 4.04. The lowest BCUT2D eigenvalue weighted by Gasteiger charge is -2.22. The lowest BCUT2D eigenvalue weighted by atomic mass is 10.0. The van der Waals surface area contributed by atoms with Gasteiger partial charge in [0.2, 0.25) is 5.95 Å². The lowest BCUT2D eigenvalue weighted by Crippen LogP contribution is -2.24. The van der Waals surface area contributed by atoms with Crippen LogP contribution in [0.5, 0.6) is 0 Å². The second-order valence-electron chi connectivity index (χ2n) is 8.52. The average Bonchev–Trinajstić information content (AvgIpc) is 3.33. The Kier molecular flexibility index (Phi) is 6.65. The van der Waals surface area contributed by atoms with Gasteiger partial charge in [-0.3, -0.25) is 0 Å². The molecule has 0 bridgehead atoms. The fraction of sp³-hybridized carbons (Fsp3) is 0.435. The van der Waals surface area contributed by atoms with E-state index in [1.807, 2.05) is 6.07 Å². The summed E-state index contributed by atoms with van der Waals surface area (Å²) in [6.45, 7) is 3.83. The molecule has 182 valence electrons. The number of nitrogen functional groups attached to an aromatic ring is 1. The van der Waals surface area contributed by atoms with Crippen molar-refractivity contribution >= 4 is 34.2 Å². The van der Waals surface area contributed by atoms with E-state index >= 15 is 0 Å². The number of rotatable bonds is 7. The molecule has 1 aliphatic heterocycles. The molecule has 0 unspecified atom stereocenters. The molecule has 0 aliphatic carbocycles. The highest BCUT2D eigenvalue weighted by molar-refractivity contribution is 5.91. The number of nitrogens with zero attached hydrogens (tertiary/aromatic N) is 5. The number of nitrogens with one attached hydrogen (secondary N) is 1. The van der Waals surface area contributed by atoms with E-state index in [-0.39, 0.29) is 12.3 Å². The number of anilines is 4. The number of fused-ring (bicyclic) bond motifs is 1. The van der Waals surface area contributed by atoms with Gasteiger partial charge < -0.3 is 26.0 Å². The van der Waals surface area contributed by atoms with Gasteiger partial charge in [-0.1, -0.05) is 0 Å². The Morgan fingerprint density at radius 1 is 1.18 bits per heavy atom. The van der Waals surface area contributed by atoms with Crippen molar-refractivity contribution in [1.82, 2.24) is 15.0 Å². The number of pyridine rings is 1. The minimum atomic E-state index is -4.50. The van der Waals surface area contributed by atoms with Crippen molar-refractivity contribution < 1.29 is 18.3 Å². The lowest BCUT2D eigenvalue weighted by molar-refractivity contribution is -0.137. The maximum Gasteiger partial charge on any atom is 0.416 e. The molecule has 4 N–H and O–H groups in total. The minimum Gasteiger partial charge on any atom is -0.399 e. The van der Waals surface area contributed by atoms with Gasteiger partial charge in [0.05, 0.1) is 29.9 Å². The highest BCUT2D eigenvalue weighted by Crippen LogP contribution is 2.34. The molecule has 3 aromatic rings. The summed E-state index contributed by atoms with van der Waals surface area (Å²) in [7, 11) is 1.75. The average molecular weight is 476 g/mol. The molecule has 1 aliphatic rings. The molecule has 0 saturated carbocycles. The first-order valence-electron chi connectivity index (χ1n) is 11.1. The summed E-state index contributed by atoms with van der Waals surface area (Å²) in [6, 6.07) is 4.92. The molecule has 3 heterocycles. The summed E-state index contributed by atoms with van der Waals surface area (Å²) in [5, 5.41) is 13.3. The Morgan fingerprint density at radius 2 is 1.91 bits per heavy atom. The Morgan fingerprint density at radius 3 is 2.59 bits per heavy atom. The first-order valence-corrected chi connectivity index (χ1v) is 11.1. The highest BCUT2D eigenvalue weighted by Gasteiger charge is 2.31. The first kappa shape index (κ1) is 23.8. The Balaban J connectivity index is 1.75. The summed E-state index contributed by atoms with van der Waals surface area (Å²) >= 11 is 0. The van der Waals surface area contributed by atoms with E-state index < -0.39 is 17.8 Å². The molecular formula is C23H28F3N7O. The fourth-order valence-corrected chi connectivity index (χ4v) is 4.04.